The van der Waals surface area contributed by atoms with Gasteiger partial charge in [0.05, 0.1) is 18.2 Å². The van der Waals surface area contributed by atoms with E-state index in [-0.39, 0.29) is 51.8 Å². The Morgan fingerprint density at radius 2 is 0.891 bits per heavy atom. The predicted octanol–water partition coefficient (Wildman–Crippen LogP) is 8.63. The number of carboxylic acid groups (broad SMARTS) is 1. The summed E-state index contributed by atoms with van der Waals surface area (Å²) in [5, 5.41) is 9.10. The van der Waals surface area contributed by atoms with Crippen LogP contribution < -0.4 is 29.6 Å². The Morgan fingerprint density at radius 1 is 0.564 bits per heavy atom. The average molecular weight is 747 g/mol. The molecule has 0 saturated heterocycles. The van der Waals surface area contributed by atoms with E-state index in [2.05, 4.69) is 79.0 Å². The van der Waals surface area contributed by atoms with Crippen molar-refractivity contribution in [1.29, 1.82) is 0 Å². The maximum absolute atomic E-state index is 11.7. The second-order valence-corrected chi connectivity index (χ2v) is 17.7. The second-order valence-electron chi connectivity index (χ2n) is 17.7. The summed E-state index contributed by atoms with van der Waals surface area (Å²) in [6.45, 7) is 22.5. The number of rotatable bonds is 6. The molecule has 4 aliphatic rings. The first-order valence-corrected chi connectivity index (χ1v) is 19.2. The second kappa shape index (κ2) is 15.3. The van der Waals surface area contributed by atoms with Gasteiger partial charge in [0.1, 0.15) is 0 Å². The van der Waals surface area contributed by atoms with Gasteiger partial charge in [-0.25, -0.2) is 9.59 Å². The van der Waals surface area contributed by atoms with Crippen LogP contribution in [0.2, 0.25) is 0 Å². The van der Waals surface area contributed by atoms with Gasteiger partial charge < -0.3 is 15.3 Å². The number of carbonyl (C=O) groups is 2. The van der Waals surface area contributed by atoms with Gasteiger partial charge in [0.25, 0.3) is 0 Å². The first kappa shape index (κ1) is 42.4. The number of carbonyl (C=O) groups excluding carboxylic acids is 1. The minimum atomic E-state index is -0.898. The third kappa shape index (κ3) is 7.83. The molecule has 0 aliphatic heterocycles. The number of aryl methyl sites for hydroxylation is 2. The zero-order valence-electron chi connectivity index (χ0n) is 34.1. The van der Waals surface area contributed by atoms with Crippen molar-refractivity contribution in [2.45, 2.75) is 115 Å². The number of methoxy groups -OCH3 is 1. The smallest absolute Gasteiger partial charge is 0.870 e. The van der Waals surface area contributed by atoms with Crippen molar-refractivity contribution in [3.05, 3.63) is 153 Å². The van der Waals surface area contributed by atoms with Crippen LogP contribution in [0.25, 0.3) is 11.1 Å². The molecule has 0 aromatic heterocycles. The van der Waals surface area contributed by atoms with Crippen LogP contribution in [0.5, 0.6) is 0 Å². The summed E-state index contributed by atoms with van der Waals surface area (Å²) in [4.78, 5) is 22.8. The standard InChI is InChI=1S/C25H28O2.C24H26O2.Na.H2O/c1-16-14-21-22(25(12-13-25)11-10-24(21,3)4)15-20(16)17(2)18-6-8-19(9-7-18)23(26)27-5;1-15-13-20-21(24(11-12-24)10-9-23(20,3)4)14-19(15)16(2)17-5-7-18(8-6-17)22(25)26;;/h6-9,14-15H,2,10-13H2,1,3-5H3;5-8,13-14H,2,9-12H2,1,3-4H3,(H,25,26);;1H2/q;;+1;/p-1. The zero-order valence-corrected chi connectivity index (χ0v) is 36.1. The Labute approximate surface area is 349 Å². The van der Waals surface area contributed by atoms with Crippen molar-refractivity contribution in [1.82, 2.24) is 0 Å². The predicted molar refractivity (Wildman–Crippen MR) is 218 cm³/mol. The third-order valence-electron chi connectivity index (χ3n) is 13.3. The summed E-state index contributed by atoms with van der Waals surface area (Å²) in [6.07, 6.45) is 10.4. The molecule has 8 rings (SSSR count). The molecule has 0 radical (unpaired) electrons. The van der Waals surface area contributed by atoms with Crippen molar-refractivity contribution < 1.29 is 54.5 Å². The van der Waals surface area contributed by atoms with E-state index in [1.54, 1.807) is 17.7 Å². The van der Waals surface area contributed by atoms with Crippen LogP contribution in [0, 0.1) is 13.8 Å². The molecule has 0 unspecified atom stereocenters. The SMILES string of the molecule is C=C(c1ccc(C(=O)O)cc1)c1cc2c(cc1C)C(C)(C)CCC21CC1.C=C(c1ccc(C(=O)OC)cc1)c1cc2c(cc1C)C(C)(C)CCC21CC1.[Na+].[OH-]. The topological polar surface area (TPSA) is 93.6 Å². The molecule has 4 aromatic rings. The van der Waals surface area contributed by atoms with Gasteiger partial charge in [-0.05, 0) is 178 Å². The average Bonchev–Trinajstić information content (AvgIpc) is 4.09. The van der Waals surface area contributed by atoms with Crippen molar-refractivity contribution in [2.75, 3.05) is 7.11 Å². The van der Waals surface area contributed by atoms with Crippen LogP contribution >= 0.6 is 0 Å². The maximum Gasteiger partial charge on any atom is 1.00 e. The van der Waals surface area contributed by atoms with Crippen molar-refractivity contribution in [3.8, 4) is 0 Å². The fraction of sp³-hybridized carbons (Fsp3) is 0.388. The zero-order chi connectivity index (χ0) is 38.1. The number of benzene rings is 4. The van der Waals surface area contributed by atoms with Crippen LogP contribution in [0.1, 0.15) is 155 Å². The van der Waals surface area contributed by atoms with Gasteiger partial charge in [0.2, 0.25) is 0 Å². The minimum Gasteiger partial charge on any atom is -0.870 e. The van der Waals surface area contributed by atoms with E-state index >= 15 is 0 Å². The number of aromatic carboxylic acids is 1. The van der Waals surface area contributed by atoms with Crippen LogP contribution in [-0.4, -0.2) is 29.6 Å². The summed E-state index contributed by atoms with van der Waals surface area (Å²) >= 11 is 0. The molecule has 0 atom stereocenters. The molecule has 2 saturated carbocycles. The van der Waals surface area contributed by atoms with Crippen molar-refractivity contribution in [2.24, 2.45) is 0 Å². The number of carboxylic acids is 1. The normalized spacial score (nSPS) is 18.2. The summed E-state index contributed by atoms with van der Waals surface area (Å²) in [5.74, 6) is -1.21. The number of hydrogen-bond acceptors (Lipinski definition) is 4. The van der Waals surface area contributed by atoms with Gasteiger partial charge >= 0.3 is 41.5 Å². The Hall–Kier alpha value is -3.74. The van der Waals surface area contributed by atoms with E-state index in [0.29, 0.717) is 22.0 Å². The van der Waals surface area contributed by atoms with Crippen molar-refractivity contribution in [3.63, 3.8) is 0 Å². The Morgan fingerprint density at radius 3 is 1.22 bits per heavy atom. The summed E-state index contributed by atoms with van der Waals surface area (Å²) in [6, 6.07) is 24.2. The van der Waals surface area contributed by atoms with Gasteiger partial charge in [0, 0.05) is 0 Å². The van der Waals surface area contributed by atoms with Crippen LogP contribution in [0.4, 0.5) is 0 Å². The molecule has 0 heterocycles. The first-order valence-electron chi connectivity index (χ1n) is 19.2. The molecule has 4 aliphatic carbocycles. The van der Waals surface area contributed by atoms with Crippen molar-refractivity contribution >= 4 is 23.1 Å². The van der Waals surface area contributed by atoms with Crippen LogP contribution in [0.15, 0.2) is 86.0 Å². The maximum atomic E-state index is 11.7. The molecule has 282 valence electrons. The van der Waals surface area contributed by atoms with Gasteiger partial charge in [-0.3, -0.25) is 0 Å². The van der Waals surface area contributed by atoms with Gasteiger partial charge in [-0.1, -0.05) is 89.4 Å². The molecule has 2 spiro atoms. The number of hydrogen-bond donors (Lipinski definition) is 1. The van der Waals surface area contributed by atoms with Crippen LogP contribution in [-0.2, 0) is 26.4 Å². The summed E-state index contributed by atoms with van der Waals surface area (Å²) in [5.41, 5.74) is 17.3. The third-order valence-corrected chi connectivity index (χ3v) is 13.3. The first-order chi connectivity index (χ1) is 25.0. The molecule has 0 bridgehead atoms. The van der Waals surface area contributed by atoms with E-state index in [1.165, 1.54) is 97.4 Å². The summed E-state index contributed by atoms with van der Waals surface area (Å²) in [7, 11) is 1.40. The largest absolute Gasteiger partial charge is 1.00 e. The minimum absolute atomic E-state index is 0. The molecule has 6 heteroatoms. The quantitative estimate of drug-likeness (QED) is 0.158. The van der Waals surface area contributed by atoms with E-state index in [4.69, 9.17) is 9.84 Å². The Balaban J connectivity index is 0.000000204. The van der Waals surface area contributed by atoms with E-state index in [9.17, 15) is 9.59 Å². The fourth-order valence-electron chi connectivity index (χ4n) is 9.10. The number of esters is 1. The fourth-order valence-corrected chi connectivity index (χ4v) is 9.10. The molecule has 2 N–H and O–H groups in total. The van der Waals surface area contributed by atoms with E-state index in [0.717, 1.165) is 22.3 Å². The van der Waals surface area contributed by atoms with Gasteiger partial charge in [-0.15, -0.1) is 0 Å². The monoisotopic (exact) mass is 746 g/mol. The number of fused-ring (bicyclic) bond motifs is 4. The molecule has 5 nitrogen and oxygen atoms in total. The van der Waals surface area contributed by atoms with E-state index in [1.807, 2.05) is 36.4 Å². The van der Waals surface area contributed by atoms with Gasteiger partial charge in [0.15, 0.2) is 0 Å². The molecule has 0 amide bonds. The van der Waals surface area contributed by atoms with Crippen LogP contribution in [0.3, 0.4) is 0 Å². The molecular formula is C49H55NaO5. The Bertz CT molecular complexity index is 2160. The molecule has 2 fully saturated rings. The van der Waals surface area contributed by atoms with Gasteiger partial charge in [-0.2, -0.15) is 0 Å². The Kier molecular flexibility index (Phi) is 11.8. The molecular weight excluding hydrogens is 692 g/mol. The molecule has 55 heavy (non-hydrogen) atoms. The number of ether oxygens (including phenoxy) is 1. The summed E-state index contributed by atoms with van der Waals surface area (Å²) < 4.78 is 4.79. The van der Waals surface area contributed by atoms with E-state index < -0.39 is 5.97 Å². The molecule has 4 aromatic carbocycles.